The summed E-state index contributed by atoms with van der Waals surface area (Å²) in [5, 5.41) is 4.75. The Morgan fingerprint density at radius 1 is 1.11 bits per heavy atom. The lowest BCUT2D eigenvalue weighted by atomic mass is 10.1. The van der Waals surface area contributed by atoms with Crippen LogP contribution >= 0.6 is 0 Å². The van der Waals surface area contributed by atoms with Crippen molar-refractivity contribution < 1.29 is 27.8 Å². The van der Waals surface area contributed by atoms with E-state index in [-0.39, 0.29) is 19.4 Å². The zero-order chi connectivity index (χ0) is 20.3. The minimum absolute atomic E-state index is 0.116. The molecule has 0 unspecified atom stereocenters. The van der Waals surface area contributed by atoms with Crippen LogP contribution < -0.4 is 20.1 Å². The van der Waals surface area contributed by atoms with Crippen LogP contribution in [0, 0.1) is 11.6 Å². The van der Waals surface area contributed by atoms with Crippen LogP contribution in [-0.2, 0) is 4.79 Å². The van der Waals surface area contributed by atoms with Crippen LogP contribution in [0.25, 0.3) is 0 Å². The number of carbonyl (C=O) groups excluding carboxylic acids is 2. The molecule has 1 atom stereocenters. The summed E-state index contributed by atoms with van der Waals surface area (Å²) in [7, 11) is 1.64. The molecule has 0 radical (unpaired) electrons. The van der Waals surface area contributed by atoms with Gasteiger partial charge in [0.1, 0.15) is 0 Å². The van der Waals surface area contributed by atoms with Crippen LogP contribution in [0.5, 0.6) is 11.5 Å². The van der Waals surface area contributed by atoms with Crippen molar-refractivity contribution in [1.82, 2.24) is 10.2 Å². The molecular formula is C19H19F2N3O4. The van der Waals surface area contributed by atoms with Gasteiger partial charge in [0.15, 0.2) is 23.1 Å². The second-order valence-electron chi connectivity index (χ2n) is 6.33. The minimum Gasteiger partial charge on any atom is -0.454 e. The number of nitrogens with one attached hydrogen (secondary N) is 2. The number of halogens is 2. The quantitative estimate of drug-likeness (QED) is 0.819. The fourth-order valence-electron chi connectivity index (χ4n) is 2.69. The van der Waals surface area contributed by atoms with Gasteiger partial charge in [-0.15, -0.1) is 0 Å². The predicted octanol–water partition coefficient (Wildman–Crippen LogP) is 3.03. The fourth-order valence-corrected chi connectivity index (χ4v) is 2.69. The monoisotopic (exact) mass is 391 g/mol. The lowest BCUT2D eigenvalue weighted by molar-refractivity contribution is -0.121. The highest BCUT2D eigenvalue weighted by atomic mass is 19.2. The standard InChI is InChI=1S/C19H19F2N3O4/c1-11(12-3-5-14(20)15(21)7-12)24(2)9-18(25)23-19(26)22-13-4-6-16-17(8-13)28-10-27-16/h3-8,11H,9-10H2,1-2H3,(H2,22,23,25,26)/t11-/m1/s1. The molecule has 1 heterocycles. The van der Waals surface area contributed by atoms with E-state index in [0.717, 1.165) is 12.1 Å². The van der Waals surface area contributed by atoms with Gasteiger partial charge in [-0.25, -0.2) is 13.6 Å². The molecule has 7 nitrogen and oxygen atoms in total. The van der Waals surface area contributed by atoms with Gasteiger partial charge in [0.05, 0.1) is 6.54 Å². The van der Waals surface area contributed by atoms with Gasteiger partial charge >= 0.3 is 6.03 Å². The Kier molecular flexibility index (Phi) is 5.74. The topological polar surface area (TPSA) is 79.9 Å². The van der Waals surface area contributed by atoms with Gasteiger partial charge in [-0.3, -0.25) is 15.0 Å². The average Bonchev–Trinajstić information content (AvgIpc) is 3.10. The van der Waals surface area contributed by atoms with E-state index in [1.807, 2.05) is 0 Å². The Morgan fingerprint density at radius 3 is 2.61 bits per heavy atom. The Morgan fingerprint density at radius 2 is 1.86 bits per heavy atom. The van der Waals surface area contributed by atoms with E-state index in [2.05, 4.69) is 10.6 Å². The van der Waals surface area contributed by atoms with E-state index in [4.69, 9.17) is 9.47 Å². The Labute approximate surface area is 160 Å². The van der Waals surface area contributed by atoms with Crippen LogP contribution in [-0.4, -0.2) is 37.2 Å². The van der Waals surface area contributed by atoms with Crippen molar-refractivity contribution in [2.45, 2.75) is 13.0 Å². The molecule has 1 aliphatic heterocycles. The zero-order valence-corrected chi connectivity index (χ0v) is 15.3. The van der Waals surface area contributed by atoms with Crippen LogP contribution in [0.3, 0.4) is 0 Å². The molecule has 0 saturated heterocycles. The molecule has 1 aliphatic rings. The number of urea groups is 1. The maximum Gasteiger partial charge on any atom is 0.325 e. The Bertz CT molecular complexity index is 907. The van der Waals surface area contributed by atoms with Crippen LogP contribution in [0.15, 0.2) is 36.4 Å². The fraction of sp³-hybridized carbons (Fsp3) is 0.263. The molecule has 0 bridgehead atoms. The van der Waals surface area contributed by atoms with Gasteiger partial charge in [0.2, 0.25) is 12.7 Å². The lowest BCUT2D eigenvalue weighted by Crippen LogP contribution is -2.41. The van der Waals surface area contributed by atoms with Crippen LogP contribution in [0.4, 0.5) is 19.3 Å². The Hall–Kier alpha value is -3.20. The minimum atomic E-state index is -0.953. The third-order valence-corrected chi connectivity index (χ3v) is 4.36. The number of likely N-dealkylation sites (N-methyl/N-ethyl adjacent to an activating group) is 1. The Balaban J connectivity index is 1.52. The summed E-state index contributed by atoms with van der Waals surface area (Å²) in [5.41, 5.74) is 0.956. The van der Waals surface area contributed by atoms with Gasteiger partial charge in [-0.05, 0) is 43.8 Å². The highest BCUT2D eigenvalue weighted by molar-refractivity contribution is 6.01. The number of carbonyl (C=O) groups is 2. The summed E-state index contributed by atoms with van der Waals surface area (Å²) >= 11 is 0. The maximum atomic E-state index is 13.4. The first-order valence-corrected chi connectivity index (χ1v) is 8.49. The first-order valence-electron chi connectivity index (χ1n) is 8.49. The number of benzene rings is 2. The zero-order valence-electron chi connectivity index (χ0n) is 15.3. The van der Waals surface area contributed by atoms with Crippen molar-refractivity contribution in [2.24, 2.45) is 0 Å². The number of ether oxygens (including phenoxy) is 2. The highest BCUT2D eigenvalue weighted by Gasteiger charge is 2.19. The molecule has 2 N–H and O–H groups in total. The van der Waals surface area contributed by atoms with Crippen molar-refractivity contribution in [3.8, 4) is 11.5 Å². The van der Waals surface area contributed by atoms with E-state index in [0.29, 0.717) is 22.7 Å². The molecule has 3 amide bonds. The van der Waals surface area contributed by atoms with Gasteiger partial charge in [-0.2, -0.15) is 0 Å². The number of nitrogens with zero attached hydrogens (tertiary/aromatic N) is 1. The molecule has 0 aromatic heterocycles. The molecule has 28 heavy (non-hydrogen) atoms. The molecule has 0 fully saturated rings. The third kappa shape index (κ3) is 4.55. The van der Waals surface area contributed by atoms with Crippen LogP contribution in [0.1, 0.15) is 18.5 Å². The molecule has 2 aromatic carbocycles. The lowest BCUT2D eigenvalue weighted by Gasteiger charge is -2.24. The number of hydrogen-bond donors (Lipinski definition) is 2. The summed E-state index contributed by atoms with van der Waals surface area (Å²) in [4.78, 5) is 25.7. The molecule has 0 aliphatic carbocycles. The van der Waals surface area contributed by atoms with Gasteiger partial charge in [0.25, 0.3) is 0 Å². The van der Waals surface area contributed by atoms with Gasteiger partial charge < -0.3 is 14.8 Å². The largest absolute Gasteiger partial charge is 0.454 e. The summed E-state index contributed by atoms with van der Waals surface area (Å²) in [6.45, 7) is 1.74. The van der Waals surface area contributed by atoms with E-state index < -0.39 is 23.6 Å². The summed E-state index contributed by atoms with van der Waals surface area (Å²) < 4.78 is 36.8. The first-order chi connectivity index (χ1) is 13.3. The number of amides is 3. The maximum absolute atomic E-state index is 13.4. The van der Waals surface area contributed by atoms with Gasteiger partial charge in [-0.1, -0.05) is 6.07 Å². The normalized spacial score (nSPS) is 13.3. The van der Waals surface area contributed by atoms with Crippen molar-refractivity contribution in [1.29, 1.82) is 0 Å². The molecule has 0 saturated carbocycles. The van der Waals surface area contributed by atoms with Crippen molar-refractivity contribution in [3.63, 3.8) is 0 Å². The first kappa shape index (κ1) is 19.6. The molecule has 3 rings (SSSR count). The number of hydrogen-bond acceptors (Lipinski definition) is 5. The summed E-state index contributed by atoms with van der Waals surface area (Å²) in [5.74, 6) is -1.35. The number of imide groups is 1. The smallest absolute Gasteiger partial charge is 0.325 e. The molecule has 9 heteroatoms. The second kappa shape index (κ2) is 8.22. The highest BCUT2D eigenvalue weighted by Crippen LogP contribution is 2.34. The van der Waals surface area contributed by atoms with Crippen molar-refractivity contribution in [3.05, 3.63) is 53.6 Å². The summed E-state index contributed by atoms with van der Waals surface area (Å²) in [6.07, 6.45) is 0. The predicted molar refractivity (Wildman–Crippen MR) is 97.1 cm³/mol. The van der Waals surface area contributed by atoms with E-state index in [1.54, 1.807) is 37.1 Å². The number of anilines is 1. The summed E-state index contributed by atoms with van der Waals surface area (Å²) in [6, 6.07) is 7.36. The number of rotatable bonds is 5. The molecule has 0 spiro atoms. The third-order valence-electron chi connectivity index (χ3n) is 4.36. The van der Waals surface area contributed by atoms with Crippen molar-refractivity contribution in [2.75, 3.05) is 25.7 Å². The van der Waals surface area contributed by atoms with E-state index in [9.17, 15) is 18.4 Å². The van der Waals surface area contributed by atoms with E-state index in [1.165, 1.54) is 6.07 Å². The number of fused-ring (bicyclic) bond motifs is 1. The molecular weight excluding hydrogens is 372 g/mol. The van der Waals surface area contributed by atoms with Crippen molar-refractivity contribution >= 4 is 17.6 Å². The van der Waals surface area contributed by atoms with Crippen LogP contribution in [0.2, 0.25) is 0 Å². The molecule has 148 valence electrons. The SMILES string of the molecule is C[C@H](c1ccc(F)c(F)c1)N(C)CC(=O)NC(=O)Nc1ccc2c(c1)OCO2. The second-order valence-corrected chi connectivity index (χ2v) is 6.33. The average molecular weight is 391 g/mol. The van der Waals surface area contributed by atoms with Gasteiger partial charge in [0, 0.05) is 17.8 Å². The molecule has 2 aromatic rings. The van der Waals surface area contributed by atoms with E-state index >= 15 is 0 Å².